The molecule has 154 valence electrons. The Bertz CT molecular complexity index is 855. The highest BCUT2D eigenvalue weighted by molar-refractivity contribution is 7.89. The molecule has 1 amide bonds. The van der Waals surface area contributed by atoms with E-state index in [4.69, 9.17) is 4.74 Å². The van der Waals surface area contributed by atoms with E-state index < -0.39 is 39.1 Å². The van der Waals surface area contributed by atoms with Gasteiger partial charge in [-0.2, -0.15) is 4.31 Å². The van der Waals surface area contributed by atoms with E-state index in [1.54, 1.807) is 13.8 Å². The summed E-state index contributed by atoms with van der Waals surface area (Å²) in [5, 5.41) is 20.2. The Morgan fingerprint density at radius 3 is 2.39 bits per heavy atom. The van der Waals surface area contributed by atoms with Crippen molar-refractivity contribution >= 4 is 27.8 Å². The van der Waals surface area contributed by atoms with Crippen LogP contribution in [0.25, 0.3) is 0 Å². The van der Waals surface area contributed by atoms with Gasteiger partial charge in [0.05, 0.1) is 28.9 Å². The maximum atomic E-state index is 12.9. The standard InChI is InChI=1S/C16H21N3O8S/c1-3-27-15(20)8-13-10-17(9-11(2)18(13)16(21)22)28(25,26)14-6-4-12(5-7-14)19(23)24/h4-7,11,13H,3,8-10H2,1-2H3,(H,21,22)/t11-,13+/m1/s1. The molecule has 1 N–H and O–H groups in total. The maximum absolute atomic E-state index is 12.9. The normalized spacial score (nSPS) is 20.6. The SMILES string of the molecule is CCOC(=O)C[C@H]1CN(S(=O)(=O)c2ccc([N+](=O)[O-])cc2)C[C@@H](C)N1C(=O)O. The summed E-state index contributed by atoms with van der Waals surface area (Å²) in [7, 11) is -4.03. The summed E-state index contributed by atoms with van der Waals surface area (Å²) >= 11 is 0. The summed E-state index contributed by atoms with van der Waals surface area (Å²) in [5.41, 5.74) is -0.247. The Morgan fingerprint density at radius 2 is 1.89 bits per heavy atom. The van der Waals surface area contributed by atoms with Crippen LogP contribution in [-0.4, -0.2) is 71.5 Å². The lowest BCUT2D eigenvalue weighted by Gasteiger charge is -2.43. The molecule has 0 bridgehead atoms. The van der Waals surface area contributed by atoms with Gasteiger partial charge in [-0.05, 0) is 26.0 Å². The number of non-ortho nitro benzene ring substituents is 1. The molecular formula is C16H21N3O8S. The van der Waals surface area contributed by atoms with E-state index in [-0.39, 0.29) is 36.7 Å². The lowest BCUT2D eigenvalue weighted by molar-refractivity contribution is -0.384. The van der Waals surface area contributed by atoms with Crippen molar-refractivity contribution in [2.75, 3.05) is 19.7 Å². The zero-order valence-electron chi connectivity index (χ0n) is 15.3. The summed E-state index contributed by atoms with van der Waals surface area (Å²) in [4.78, 5) is 34.4. The Hall–Kier alpha value is -2.73. The third-order valence-corrected chi connectivity index (χ3v) is 6.21. The van der Waals surface area contributed by atoms with E-state index >= 15 is 0 Å². The van der Waals surface area contributed by atoms with Gasteiger partial charge in [-0.3, -0.25) is 19.8 Å². The summed E-state index contributed by atoms with van der Waals surface area (Å²) < 4.78 is 31.8. The molecule has 2 rings (SSSR count). The van der Waals surface area contributed by atoms with Gasteiger partial charge in [0.1, 0.15) is 0 Å². The molecule has 1 heterocycles. The molecule has 1 aromatic rings. The van der Waals surface area contributed by atoms with Gasteiger partial charge in [0.2, 0.25) is 10.0 Å². The summed E-state index contributed by atoms with van der Waals surface area (Å²) in [5.74, 6) is -0.625. The first-order valence-corrected chi connectivity index (χ1v) is 9.93. The van der Waals surface area contributed by atoms with Crippen LogP contribution in [0.1, 0.15) is 20.3 Å². The number of sulfonamides is 1. The molecule has 28 heavy (non-hydrogen) atoms. The van der Waals surface area contributed by atoms with Crippen molar-refractivity contribution in [2.45, 2.75) is 37.2 Å². The Morgan fingerprint density at radius 1 is 1.29 bits per heavy atom. The number of nitro groups is 1. The predicted octanol–water partition coefficient (Wildman–Crippen LogP) is 1.29. The van der Waals surface area contributed by atoms with Crippen molar-refractivity contribution in [3.8, 4) is 0 Å². The highest BCUT2D eigenvalue weighted by Crippen LogP contribution is 2.26. The van der Waals surface area contributed by atoms with Crippen LogP contribution in [0, 0.1) is 10.1 Å². The highest BCUT2D eigenvalue weighted by Gasteiger charge is 2.41. The molecule has 2 atom stereocenters. The molecule has 1 saturated heterocycles. The number of esters is 1. The zero-order chi connectivity index (χ0) is 21.1. The lowest BCUT2D eigenvalue weighted by Crippen LogP contribution is -2.60. The number of hydrogen-bond acceptors (Lipinski definition) is 7. The Kier molecular flexibility index (Phi) is 6.56. The van der Waals surface area contributed by atoms with E-state index in [1.807, 2.05) is 0 Å². The molecule has 0 spiro atoms. The number of carboxylic acid groups (broad SMARTS) is 1. The van der Waals surface area contributed by atoms with Gasteiger partial charge in [0.25, 0.3) is 5.69 Å². The number of nitro benzene ring substituents is 1. The number of hydrogen-bond donors (Lipinski definition) is 1. The van der Waals surface area contributed by atoms with E-state index in [1.165, 1.54) is 0 Å². The van der Waals surface area contributed by atoms with Crippen molar-refractivity contribution < 1.29 is 32.8 Å². The van der Waals surface area contributed by atoms with Gasteiger partial charge < -0.3 is 9.84 Å². The quantitative estimate of drug-likeness (QED) is 0.415. The Balaban J connectivity index is 2.30. The predicted molar refractivity (Wildman–Crippen MR) is 96.2 cm³/mol. The first kappa shape index (κ1) is 21.6. The van der Waals surface area contributed by atoms with Crippen LogP contribution in [-0.2, 0) is 19.6 Å². The monoisotopic (exact) mass is 415 g/mol. The van der Waals surface area contributed by atoms with Crippen LogP contribution in [0.3, 0.4) is 0 Å². The van der Waals surface area contributed by atoms with Gasteiger partial charge in [-0.1, -0.05) is 0 Å². The number of rotatable bonds is 6. The van der Waals surface area contributed by atoms with Crippen LogP contribution in [0.15, 0.2) is 29.2 Å². The molecule has 11 nitrogen and oxygen atoms in total. The second-order valence-corrected chi connectivity index (χ2v) is 8.21. The fourth-order valence-electron chi connectivity index (χ4n) is 3.15. The number of nitrogens with zero attached hydrogens (tertiary/aromatic N) is 3. The minimum Gasteiger partial charge on any atom is -0.466 e. The fraction of sp³-hybridized carbons (Fsp3) is 0.500. The average molecular weight is 415 g/mol. The third kappa shape index (κ3) is 4.57. The Labute approximate surface area is 161 Å². The average Bonchev–Trinajstić information content (AvgIpc) is 2.61. The molecular weight excluding hydrogens is 394 g/mol. The molecule has 1 aliphatic rings. The third-order valence-electron chi connectivity index (χ3n) is 4.36. The topological polar surface area (TPSA) is 147 Å². The first-order chi connectivity index (χ1) is 13.1. The smallest absolute Gasteiger partial charge is 0.407 e. The molecule has 0 aliphatic carbocycles. The maximum Gasteiger partial charge on any atom is 0.407 e. The summed E-state index contributed by atoms with van der Waals surface area (Å²) in [6.45, 7) is 2.95. The van der Waals surface area contributed by atoms with Crippen molar-refractivity contribution in [2.24, 2.45) is 0 Å². The first-order valence-electron chi connectivity index (χ1n) is 8.49. The van der Waals surface area contributed by atoms with E-state index in [0.29, 0.717) is 0 Å². The van der Waals surface area contributed by atoms with Gasteiger partial charge in [0.15, 0.2) is 0 Å². The summed E-state index contributed by atoms with van der Waals surface area (Å²) in [6.07, 6.45) is -1.54. The van der Waals surface area contributed by atoms with Crippen molar-refractivity contribution in [1.82, 2.24) is 9.21 Å². The molecule has 0 unspecified atom stereocenters. The number of benzene rings is 1. The second kappa shape index (κ2) is 8.52. The molecule has 0 radical (unpaired) electrons. The molecule has 12 heteroatoms. The minimum absolute atomic E-state index is 0.106. The van der Waals surface area contributed by atoms with Crippen molar-refractivity contribution in [1.29, 1.82) is 0 Å². The molecule has 1 aliphatic heterocycles. The molecule has 0 aromatic heterocycles. The largest absolute Gasteiger partial charge is 0.466 e. The van der Waals surface area contributed by atoms with Crippen molar-refractivity contribution in [3.05, 3.63) is 34.4 Å². The highest BCUT2D eigenvalue weighted by atomic mass is 32.2. The number of carbonyl (C=O) groups excluding carboxylic acids is 1. The number of piperazine rings is 1. The van der Waals surface area contributed by atoms with Crippen molar-refractivity contribution in [3.63, 3.8) is 0 Å². The lowest BCUT2D eigenvalue weighted by atomic mass is 10.1. The van der Waals surface area contributed by atoms with E-state index in [0.717, 1.165) is 33.5 Å². The zero-order valence-corrected chi connectivity index (χ0v) is 16.2. The summed E-state index contributed by atoms with van der Waals surface area (Å²) in [6, 6.07) is 2.82. The van der Waals surface area contributed by atoms with Crippen LogP contribution in [0.5, 0.6) is 0 Å². The fourth-order valence-corrected chi connectivity index (χ4v) is 4.70. The minimum atomic E-state index is -4.03. The van der Waals surface area contributed by atoms with Crippen LogP contribution in [0.4, 0.5) is 10.5 Å². The van der Waals surface area contributed by atoms with E-state index in [9.17, 15) is 33.2 Å². The number of amides is 1. The number of ether oxygens (including phenoxy) is 1. The second-order valence-electron chi connectivity index (χ2n) is 6.27. The molecule has 1 fully saturated rings. The van der Waals surface area contributed by atoms with Gasteiger partial charge in [-0.15, -0.1) is 0 Å². The van der Waals surface area contributed by atoms with Crippen LogP contribution < -0.4 is 0 Å². The van der Waals surface area contributed by atoms with Gasteiger partial charge in [0, 0.05) is 31.3 Å². The number of carbonyl (C=O) groups is 2. The molecule has 1 aromatic carbocycles. The van der Waals surface area contributed by atoms with E-state index in [2.05, 4.69) is 0 Å². The van der Waals surface area contributed by atoms with Crippen LogP contribution >= 0.6 is 0 Å². The van der Waals surface area contributed by atoms with Crippen LogP contribution in [0.2, 0.25) is 0 Å². The van der Waals surface area contributed by atoms with Gasteiger partial charge >= 0.3 is 12.1 Å². The van der Waals surface area contributed by atoms with Gasteiger partial charge in [-0.25, -0.2) is 13.2 Å². The molecule has 0 saturated carbocycles.